The first kappa shape index (κ1) is 13.0. The quantitative estimate of drug-likeness (QED) is 0.606. The van der Waals surface area contributed by atoms with Crippen LogP contribution in [-0.4, -0.2) is 9.97 Å². The number of aryl methyl sites for hydroxylation is 2. The van der Waals surface area contributed by atoms with Crippen molar-refractivity contribution in [1.82, 2.24) is 9.97 Å². The average Bonchev–Trinajstić information content (AvgIpc) is 2.41. The Bertz CT molecular complexity index is 815. The molecule has 0 unspecified atom stereocenters. The Morgan fingerprint density at radius 3 is 2.55 bits per heavy atom. The minimum atomic E-state index is -0.404. The highest BCUT2D eigenvalue weighted by Crippen LogP contribution is 2.27. The fourth-order valence-corrected chi connectivity index (χ4v) is 2.37. The molecule has 3 aromatic rings. The van der Waals surface area contributed by atoms with Gasteiger partial charge in [-0.25, -0.2) is 14.4 Å². The van der Waals surface area contributed by atoms with Crippen LogP contribution >= 0.6 is 11.6 Å². The van der Waals surface area contributed by atoms with Gasteiger partial charge in [0.25, 0.3) is 0 Å². The van der Waals surface area contributed by atoms with Crippen molar-refractivity contribution >= 4 is 22.5 Å². The summed E-state index contributed by atoms with van der Waals surface area (Å²) in [4.78, 5) is 8.62. The molecule has 20 heavy (non-hydrogen) atoms. The summed E-state index contributed by atoms with van der Waals surface area (Å²) in [6.07, 6.45) is 0. The summed E-state index contributed by atoms with van der Waals surface area (Å²) >= 11 is 6.10. The van der Waals surface area contributed by atoms with Crippen molar-refractivity contribution in [2.24, 2.45) is 0 Å². The van der Waals surface area contributed by atoms with E-state index in [-0.39, 0.29) is 10.5 Å². The first-order valence-corrected chi connectivity index (χ1v) is 6.63. The SMILES string of the molecule is Cc1ccc(-c2nc(Cl)c3c(F)cccc3n2)cc1C. The summed E-state index contributed by atoms with van der Waals surface area (Å²) in [6, 6.07) is 10.7. The van der Waals surface area contributed by atoms with Crippen molar-refractivity contribution in [2.75, 3.05) is 0 Å². The van der Waals surface area contributed by atoms with E-state index in [0.717, 1.165) is 11.1 Å². The molecule has 0 aliphatic carbocycles. The third-order valence-corrected chi connectivity index (χ3v) is 3.67. The fraction of sp³-hybridized carbons (Fsp3) is 0.125. The van der Waals surface area contributed by atoms with Crippen molar-refractivity contribution in [3.05, 3.63) is 58.5 Å². The lowest BCUT2D eigenvalue weighted by atomic mass is 10.1. The third-order valence-electron chi connectivity index (χ3n) is 3.39. The molecule has 1 aromatic heterocycles. The van der Waals surface area contributed by atoms with E-state index in [2.05, 4.69) is 9.97 Å². The molecule has 100 valence electrons. The van der Waals surface area contributed by atoms with Gasteiger partial charge in [0.1, 0.15) is 11.0 Å². The Kier molecular flexibility index (Phi) is 3.14. The standard InChI is InChI=1S/C16H12ClFN2/c1-9-6-7-11(8-10(9)2)16-19-13-5-3-4-12(18)14(13)15(17)20-16/h3-8H,1-2H3. The molecule has 0 atom stereocenters. The van der Waals surface area contributed by atoms with Crippen molar-refractivity contribution in [1.29, 1.82) is 0 Å². The van der Waals surface area contributed by atoms with E-state index in [1.54, 1.807) is 12.1 Å². The van der Waals surface area contributed by atoms with Crippen LogP contribution < -0.4 is 0 Å². The van der Waals surface area contributed by atoms with E-state index < -0.39 is 5.82 Å². The minimum absolute atomic E-state index is 0.140. The number of hydrogen-bond donors (Lipinski definition) is 0. The maximum absolute atomic E-state index is 13.7. The number of aromatic nitrogens is 2. The first-order chi connectivity index (χ1) is 9.56. The second-order valence-corrected chi connectivity index (χ2v) is 5.13. The van der Waals surface area contributed by atoms with Gasteiger partial charge in [-0.3, -0.25) is 0 Å². The molecule has 2 nitrogen and oxygen atoms in total. The lowest BCUT2D eigenvalue weighted by molar-refractivity contribution is 0.639. The van der Waals surface area contributed by atoms with Crippen molar-refractivity contribution in [3.8, 4) is 11.4 Å². The van der Waals surface area contributed by atoms with Gasteiger partial charge in [0.15, 0.2) is 5.82 Å². The van der Waals surface area contributed by atoms with E-state index in [0.29, 0.717) is 11.3 Å². The molecule has 2 aromatic carbocycles. The normalized spacial score (nSPS) is 11.0. The van der Waals surface area contributed by atoms with Crippen molar-refractivity contribution in [2.45, 2.75) is 13.8 Å². The van der Waals surface area contributed by atoms with Gasteiger partial charge < -0.3 is 0 Å². The van der Waals surface area contributed by atoms with Crippen molar-refractivity contribution in [3.63, 3.8) is 0 Å². The van der Waals surface area contributed by atoms with E-state index in [1.165, 1.54) is 11.6 Å². The van der Waals surface area contributed by atoms with Crippen molar-refractivity contribution < 1.29 is 4.39 Å². The van der Waals surface area contributed by atoms with Gasteiger partial charge in [-0.05, 0) is 43.2 Å². The molecule has 0 bridgehead atoms. The van der Waals surface area contributed by atoms with E-state index in [9.17, 15) is 4.39 Å². The van der Waals surface area contributed by atoms with Crippen LogP contribution in [-0.2, 0) is 0 Å². The maximum Gasteiger partial charge on any atom is 0.161 e. The molecule has 0 N–H and O–H groups in total. The van der Waals surface area contributed by atoms with E-state index in [1.807, 2.05) is 32.0 Å². The van der Waals surface area contributed by atoms with Crippen LogP contribution in [0.5, 0.6) is 0 Å². The van der Waals surface area contributed by atoms with Crippen LogP contribution in [0.4, 0.5) is 4.39 Å². The number of hydrogen-bond acceptors (Lipinski definition) is 2. The third kappa shape index (κ3) is 2.14. The Morgan fingerprint density at radius 2 is 1.80 bits per heavy atom. The summed E-state index contributed by atoms with van der Waals surface area (Å²) in [5, 5.41) is 0.406. The molecule has 0 spiro atoms. The summed E-state index contributed by atoms with van der Waals surface area (Å²) in [5.74, 6) is 0.107. The zero-order valence-corrected chi connectivity index (χ0v) is 11.9. The molecular formula is C16H12ClFN2. The van der Waals surface area contributed by atoms with Gasteiger partial charge >= 0.3 is 0 Å². The topological polar surface area (TPSA) is 25.8 Å². The zero-order valence-electron chi connectivity index (χ0n) is 11.1. The van der Waals surface area contributed by atoms with Crippen LogP contribution in [0.2, 0.25) is 5.15 Å². The van der Waals surface area contributed by atoms with Gasteiger partial charge in [-0.15, -0.1) is 0 Å². The fourth-order valence-electron chi connectivity index (χ4n) is 2.11. The first-order valence-electron chi connectivity index (χ1n) is 6.25. The maximum atomic E-state index is 13.7. The van der Waals surface area contributed by atoms with Gasteiger partial charge in [0, 0.05) is 5.56 Å². The average molecular weight is 287 g/mol. The smallest absolute Gasteiger partial charge is 0.161 e. The summed E-state index contributed by atoms with van der Waals surface area (Å²) in [7, 11) is 0. The Balaban J connectivity index is 2.25. The Labute approximate surface area is 121 Å². The number of fused-ring (bicyclic) bond motifs is 1. The molecule has 0 saturated heterocycles. The number of benzene rings is 2. The molecule has 0 saturated carbocycles. The van der Waals surface area contributed by atoms with Gasteiger partial charge in [0.2, 0.25) is 0 Å². The predicted molar refractivity (Wildman–Crippen MR) is 79.4 cm³/mol. The lowest BCUT2D eigenvalue weighted by Crippen LogP contribution is -1.94. The highest BCUT2D eigenvalue weighted by atomic mass is 35.5. The number of halogens is 2. The monoisotopic (exact) mass is 286 g/mol. The van der Waals surface area contributed by atoms with E-state index in [4.69, 9.17) is 11.6 Å². The number of nitrogens with zero attached hydrogens (tertiary/aromatic N) is 2. The van der Waals surface area contributed by atoms with E-state index >= 15 is 0 Å². The summed E-state index contributed by atoms with van der Waals surface area (Å²) < 4.78 is 13.7. The molecule has 0 fully saturated rings. The molecule has 0 radical (unpaired) electrons. The lowest BCUT2D eigenvalue weighted by Gasteiger charge is -2.07. The van der Waals surface area contributed by atoms with Crippen LogP contribution in [0.15, 0.2) is 36.4 Å². The highest BCUT2D eigenvalue weighted by Gasteiger charge is 2.11. The highest BCUT2D eigenvalue weighted by molar-refractivity contribution is 6.34. The molecule has 0 aliphatic rings. The van der Waals surface area contributed by atoms with Crippen LogP contribution in [0, 0.1) is 19.7 Å². The number of rotatable bonds is 1. The molecule has 1 heterocycles. The summed E-state index contributed by atoms with van der Waals surface area (Å²) in [6.45, 7) is 4.07. The van der Waals surface area contributed by atoms with Gasteiger partial charge in [-0.2, -0.15) is 0 Å². The van der Waals surface area contributed by atoms with Gasteiger partial charge in [-0.1, -0.05) is 29.8 Å². The molecular weight excluding hydrogens is 275 g/mol. The second-order valence-electron chi connectivity index (χ2n) is 4.77. The predicted octanol–water partition coefficient (Wildman–Crippen LogP) is 4.71. The minimum Gasteiger partial charge on any atom is -0.228 e. The largest absolute Gasteiger partial charge is 0.228 e. The molecule has 3 rings (SSSR count). The van der Waals surface area contributed by atoms with Gasteiger partial charge in [0.05, 0.1) is 10.9 Å². The molecule has 0 aliphatic heterocycles. The second kappa shape index (κ2) is 4.84. The molecule has 4 heteroatoms. The van der Waals surface area contributed by atoms with Crippen LogP contribution in [0.1, 0.15) is 11.1 Å². The van der Waals surface area contributed by atoms with Crippen LogP contribution in [0.3, 0.4) is 0 Å². The Morgan fingerprint density at radius 1 is 1.00 bits per heavy atom. The summed E-state index contributed by atoms with van der Waals surface area (Å²) in [5.41, 5.74) is 3.74. The zero-order chi connectivity index (χ0) is 14.3. The van der Waals surface area contributed by atoms with Crippen LogP contribution in [0.25, 0.3) is 22.3 Å². The molecule has 0 amide bonds. The Hall–Kier alpha value is -2.00.